The van der Waals surface area contributed by atoms with Gasteiger partial charge < -0.3 is 14.8 Å². The van der Waals surface area contributed by atoms with Crippen LogP contribution in [-0.2, 0) is 4.79 Å². The number of anilines is 1. The standard InChI is InChI=1S/C18H19F2N3O3/c1-12-3-6-14(7-4-12)21-11-17(24)23-22-10-13-5-8-15(25-2)16(9-13)26-18(19)20/h3-10,18,21H,11H2,1-2H3,(H,23,24)/b22-10-. The van der Waals surface area contributed by atoms with Gasteiger partial charge in [0.25, 0.3) is 5.91 Å². The minimum atomic E-state index is -2.97. The first-order valence-corrected chi connectivity index (χ1v) is 7.73. The second kappa shape index (κ2) is 9.36. The molecule has 2 N–H and O–H groups in total. The van der Waals surface area contributed by atoms with E-state index in [0.29, 0.717) is 5.56 Å². The number of ether oxygens (including phenoxy) is 2. The van der Waals surface area contributed by atoms with Crippen LogP contribution >= 0.6 is 0 Å². The largest absolute Gasteiger partial charge is 0.493 e. The highest BCUT2D eigenvalue weighted by Crippen LogP contribution is 2.28. The molecule has 0 heterocycles. The third kappa shape index (κ3) is 6.04. The van der Waals surface area contributed by atoms with Gasteiger partial charge in [-0.25, -0.2) is 5.43 Å². The Morgan fingerprint density at radius 1 is 1.19 bits per heavy atom. The minimum absolute atomic E-state index is 0.0444. The fourth-order valence-electron chi connectivity index (χ4n) is 2.03. The van der Waals surface area contributed by atoms with Gasteiger partial charge in [-0.2, -0.15) is 13.9 Å². The van der Waals surface area contributed by atoms with E-state index in [0.717, 1.165) is 11.3 Å². The molecule has 8 heteroatoms. The number of halogens is 2. The average molecular weight is 363 g/mol. The molecule has 0 unspecified atom stereocenters. The van der Waals surface area contributed by atoms with Crippen LogP contribution in [0.2, 0.25) is 0 Å². The van der Waals surface area contributed by atoms with E-state index in [-0.39, 0.29) is 24.0 Å². The lowest BCUT2D eigenvalue weighted by Gasteiger charge is -2.10. The Labute approximate surface area is 149 Å². The molecule has 6 nitrogen and oxygen atoms in total. The van der Waals surface area contributed by atoms with Crippen LogP contribution in [0.5, 0.6) is 11.5 Å². The van der Waals surface area contributed by atoms with Crippen LogP contribution in [0, 0.1) is 6.92 Å². The number of rotatable bonds is 8. The van der Waals surface area contributed by atoms with Crippen molar-refractivity contribution in [2.45, 2.75) is 13.5 Å². The highest BCUT2D eigenvalue weighted by Gasteiger charge is 2.10. The predicted molar refractivity (Wildman–Crippen MR) is 95.0 cm³/mol. The quantitative estimate of drug-likeness (QED) is 0.558. The van der Waals surface area contributed by atoms with Gasteiger partial charge in [-0.05, 0) is 42.8 Å². The fourth-order valence-corrected chi connectivity index (χ4v) is 2.03. The molecule has 0 atom stereocenters. The number of nitrogens with zero attached hydrogens (tertiary/aromatic N) is 1. The van der Waals surface area contributed by atoms with E-state index in [9.17, 15) is 13.6 Å². The van der Waals surface area contributed by atoms with Crippen molar-refractivity contribution >= 4 is 17.8 Å². The molecule has 0 saturated carbocycles. The summed E-state index contributed by atoms with van der Waals surface area (Å²) in [4.78, 5) is 11.8. The molecule has 2 rings (SSSR count). The van der Waals surface area contributed by atoms with Gasteiger partial charge in [0.05, 0.1) is 19.9 Å². The summed E-state index contributed by atoms with van der Waals surface area (Å²) in [6.45, 7) is -0.950. The number of methoxy groups -OCH3 is 1. The predicted octanol–water partition coefficient (Wildman–Crippen LogP) is 3.17. The third-order valence-electron chi connectivity index (χ3n) is 3.31. The Morgan fingerprint density at radius 2 is 1.92 bits per heavy atom. The first-order valence-electron chi connectivity index (χ1n) is 7.73. The molecule has 0 aliphatic rings. The highest BCUT2D eigenvalue weighted by molar-refractivity contribution is 5.84. The molecular formula is C18H19F2N3O3. The van der Waals surface area contributed by atoms with Crippen molar-refractivity contribution in [3.05, 3.63) is 53.6 Å². The SMILES string of the molecule is COc1ccc(/C=N\NC(=O)CNc2ccc(C)cc2)cc1OC(F)F. The van der Waals surface area contributed by atoms with Crippen molar-refractivity contribution in [2.24, 2.45) is 5.10 Å². The van der Waals surface area contributed by atoms with Crippen LogP contribution in [0.25, 0.3) is 0 Å². The number of hydrogen-bond acceptors (Lipinski definition) is 5. The number of hydrogen-bond donors (Lipinski definition) is 2. The van der Waals surface area contributed by atoms with Gasteiger partial charge in [0, 0.05) is 5.69 Å². The average Bonchev–Trinajstić information content (AvgIpc) is 2.61. The molecule has 138 valence electrons. The van der Waals surface area contributed by atoms with Crippen LogP contribution in [0.15, 0.2) is 47.6 Å². The zero-order chi connectivity index (χ0) is 18.9. The van der Waals surface area contributed by atoms with Crippen LogP contribution in [0.4, 0.5) is 14.5 Å². The number of carbonyl (C=O) groups is 1. The molecule has 1 amide bonds. The molecular weight excluding hydrogens is 344 g/mol. The smallest absolute Gasteiger partial charge is 0.387 e. The summed E-state index contributed by atoms with van der Waals surface area (Å²) in [6.07, 6.45) is 1.32. The van der Waals surface area contributed by atoms with Crippen LogP contribution < -0.4 is 20.2 Å². The van der Waals surface area contributed by atoms with Crippen molar-refractivity contribution in [2.75, 3.05) is 19.0 Å². The first kappa shape index (κ1) is 19.2. The van der Waals surface area contributed by atoms with Crippen molar-refractivity contribution in [3.63, 3.8) is 0 Å². The second-order valence-electron chi connectivity index (χ2n) is 5.30. The highest BCUT2D eigenvalue weighted by atomic mass is 19.3. The van der Waals surface area contributed by atoms with Crippen LogP contribution in [0.1, 0.15) is 11.1 Å². The lowest BCUT2D eigenvalue weighted by Crippen LogP contribution is -2.25. The van der Waals surface area contributed by atoms with E-state index in [1.807, 2.05) is 31.2 Å². The molecule has 0 radical (unpaired) electrons. The van der Waals surface area contributed by atoms with Crippen molar-refractivity contribution in [3.8, 4) is 11.5 Å². The Bertz CT molecular complexity index is 765. The fraction of sp³-hybridized carbons (Fsp3) is 0.222. The first-order chi connectivity index (χ1) is 12.5. The Hall–Kier alpha value is -3.16. The number of aryl methyl sites for hydroxylation is 1. The summed E-state index contributed by atoms with van der Waals surface area (Å²) in [5.41, 5.74) is 4.76. The minimum Gasteiger partial charge on any atom is -0.493 e. The molecule has 26 heavy (non-hydrogen) atoms. The Balaban J connectivity index is 1.88. The second-order valence-corrected chi connectivity index (χ2v) is 5.30. The maximum Gasteiger partial charge on any atom is 0.387 e. The summed E-state index contributed by atoms with van der Waals surface area (Å²) in [5.74, 6) is -0.285. The van der Waals surface area contributed by atoms with E-state index in [4.69, 9.17) is 4.74 Å². The van der Waals surface area contributed by atoms with E-state index < -0.39 is 6.61 Å². The monoisotopic (exact) mass is 363 g/mol. The van der Waals surface area contributed by atoms with Gasteiger partial charge in [-0.15, -0.1) is 0 Å². The summed E-state index contributed by atoms with van der Waals surface area (Å²) < 4.78 is 34.1. The number of nitrogens with one attached hydrogen (secondary N) is 2. The Morgan fingerprint density at radius 3 is 2.58 bits per heavy atom. The van der Waals surface area contributed by atoms with Gasteiger partial charge in [-0.3, -0.25) is 4.79 Å². The molecule has 2 aromatic carbocycles. The molecule has 2 aromatic rings. The molecule has 0 fully saturated rings. The van der Waals surface area contributed by atoms with Crippen LogP contribution in [-0.4, -0.2) is 32.4 Å². The number of alkyl halides is 2. The zero-order valence-corrected chi connectivity index (χ0v) is 14.3. The van der Waals surface area contributed by atoms with E-state index in [2.05, 4.69) is 20.6 Å². The molecule has 0 spiro atoms. The molecule has 0 aliphatic carbocycles. The van der Waals surface area contributed by atoms with Gasteiger partial charge in [-0.1, -0.05) is 17.7 Å². The summed E-state index contributed by atoms with van der Waals surface area (Å²) in [6, 6.07) is 12.0. The molecule has 0 aliphatic heterocycles. The van der Waals surface area contributed by atoms with Crippen molar-refractivity contribution < 1.29 is 23.0 Å². The van der Waals surface area contributed by atoms with Crippen LogP contribution in [0.3, 0.4) is 0 Å². The summed E-state index contributed by atoms with van der Waals surface area (Å²) in [7, 11) is 1.35. The normalized spacial score (nSPS) is 10.8. The third-order valence-corrected chi connectivity index (χ3v) is 3.31. The van der Waals surface area contributed by atoms with Crippen molar-refractivity contribution in [1.82, 2.24) is 5.43 Å². The topological polar surface area (TPSA) is 72.0 Å². The lowest BCUT2D eigenvalue weighted by atomic mass is 10.2. The van der Waals surface area contributed by atoms with Gasteiger partial charge in [0.15, 0.2) is 11.5 Å². The lowest BCUT2D eigenvalue weighted by molar-refractivity contribution is -0.119. The van der Waals surface area contributed by atoms with Crippen molar-refractivity contribution in [1.29, 1.82) is 0 Å². The number of benzene rings is 2. The summed E-state index contributed by atoms with van der Waals surface area (Å²) >= 11 is 0. The number of carbonyl (C=O) groups excluding carboxylic acids is 1. The maximum absolute atomic E-state index is 12.4. The molecule has 0 aromatic heterocycles. The summed E-state index contributed by atoms with van der Waals surface area (Å²) in [5, 5.41) is 6.76. The maximum atomic E-state index is 12.4. The van der Waals surface area contributed by atoms with Gasteiger partial charge in [0.2, 0.25) is 0 Å². The molecule has 0 saturated heterocycles. The Kier molecular flexibility index (Phi) is 6.90. The molecule has 0 bridgehead atoms. The zero-order valence-electron chi connectivity index (χ0n) is 14.3. The number of amides is 1. The van der Waals surface area contributed by atoms with E-state index in [1.54, 1.807) is 6.07 Å². The van der Waals surface area contributed by atoms with E-state index in [1.165, 1.54) is 25.5 Å². The van der Waals surface area contributed by atoms with Gasteiger partial charge in [0.1, 0.15) is 0 Å². The number of hydrazone groups is 1. The van der Waals surface area contributed by atoms with E-state index >= 15 is 0 Å². The van der Waals surface area contributed by atoms with Gasteiger partial charge >= 0.3 is 6.61 Å².